The van der Waals surface area contributed by atoms with E-state index in [0.29, 0.717) is 12.8 Å². The summed E-state index contributed by atoms with van der Waals surface area (Å²) in [4.78, 5) is 0. The molecule has 0 unspecified atom stereocenters. The first kappa shape index (κ1) is 16.2. The lowest BCUT2D eigenvalue weighted by Crippen LogP contribution is -2.39. The highest BCUT2D eigenvalue weighted by molar-refractivity contribution is 7.86. The summed E-state index contributed by atoms with van der Waals surface area (Å²) >= 11 is 0. The molecule has 0 spiro atoms. The Balaban J connectivity index is 2.28. The van der Waals surface area contributed by atoms with Gasteiger partial charge in [-0.25, -0.2) is 0 Å². The highest BCUT2D eigenvalue weighted by atomic mass is 32.2. The van der Waals surface area contributed by atoms with E-state index < -0.39 is 37.9 Å². The Morgan fingerprint density at radius 1 is 0.950 bits per heavy atom. The van der Waals surface area contributed by atoms with Crippen molar-refractivity contribution < 1.29 is 25.2 Å². The highest BCUT2D eigenvalue weighted by Gasteiger charge is 2.67. The Labute approximate surface area is 121 Å². The first-order valence-corrected chi connectivity index (χ1v) is 10.2. The van der Waals surface area contributed by atoms with Crippen LogP contribution in [0, 0.1) is 16.7 Å². The molecule has 0 amide bonds. The van der Waals surface area contributed by atoms with Gasteiger partial charge in [0.05, 0.1) is 24.7 Å². The SMILES string of the molecule is CC1(C)[C@H]2C[C@@H](OS(C)(=O)=O)[C@@]1(C)C[C@@H]2OS(C)(=O)=O. The maximum Gasteiger partial charge on any atom is 0.264 e. The van der Waals surface area contributed by atoms with E-state index in [1.165, 1.54) is 0 Å². The fourth-order valence-electron chi connectivity index (χ4n) is 3.88. The molecule has 0 saturated heterocycles. The van der Waals surface area contributed by atoms with Crippen molar-refractivity contribution >= 4 is 20.2 Å². The molecule has 0 aliphatic heterocycles. The van der Waals surface area contributed by atoms with Crippen LogP contribution >= 0.6 is 0 Å². The average molecular weight is 326 g/mol. The molecule has 2 fully saturated rings. The normalized spacial score (nSPS) is 40.1. The van der Waals surface area contributed by atoms with Crippen molar-refractivity contribution in [2.45, 2.75) is 45.8 Å². The van der Waals surface area contributed by atoms with E-state index in [4.69, 9.17) is 8.37 Å². The van der Waals surface area contributed by atoms with E-state index in [9.17, 15) is 16.8 Å². The maximum atomic E-state index is 11.4. The van der Waals surface area contributed by atoms with Gasteiger partial charge < -0.3 is 0 Å². The van der Waals surface area contributed by atoms with Gasteiger partial charge in [-0.15, -0.1) is 0 Å². The van der Waals surface area contributed by atoms with Gasteiger partial charge in [0.2, 0.25) is 0 Å². The largest absolute Gasteiger partial charge is 0.267 e. The van der Waals surface area contributed by atoms with Crippen LogP contribution in [0.3, 0.4) is 0 Å². The van der Waals surface area contributed by atoms with Gasteiger partial charge in [0.15, 0.2) is 0 Å². The minimum atomic E-state index is -3.53. The summed E-state index contributed by atoms with van der Waals surface area (Å²) in [6, 6.07) is 0. The lowest BCUT2D eigenvalue weighted by atomic mass is 9.70. The Morgan fingerprint density at radius 3 is 1.80 bits per heavy atom. The van der Waals surface area contributed by atoms with Crippen molar-refractivity contribution in [2.75, 3.05) is 12.5 Å². The van der Waals surface area contributed by atoms with Crippen LogP contribution in [0.4, 0.5) is 0 Å². The van der Waals surface area contributed by atoms with Crippen molar-refractivity contribution in [1.82, 2.24) is 0 Å². The fourth-order valence-corrected chi connectivity index (χ4v) is 5.24. The predicted octanol–water partition coefficient (Wildman–Crippen LogP) is 1.13. The zero-order chi connectivity index (χ0) is 15.6. The van der Waals surface area contributed by atoms with Crippen LogP contribution in [0.5, 0.6) is 0 Å². The van der Waals surface area contributed by atoms with E-state index in [1.807, 2.05) is 20.8 Å². The summed E-state index contributed by atoms with van der Waals surface area (Å²) in [6.07, 6.45) is 2.24. The van der Waals surface area contributed by atoms with Crippen molar-refractivity contribution in [3.63, 3.8) is 0 Å². The zero-order valence-corrected chi connectivity index (χ0v) is 14.0. The lowest BCUT2D eigenvalue weighted by molar-refractivity contribution is 0.0198. The van der Waals surface area contributed by atoms with Crippen LogP contribution < -0.4 is 0 Å². The summed E-state index contributed by atoms with van der Waals surface area (Å²) in [5, 5.41) is 0. The van der Waals surface area contributed by atoms with Crippen LogP contribution in [-0.4, -0.2) is 41.6 Å². The third-order valence-electron chi connectivity index (χ3n) is 5.24. The van der Waals surface area contributed by atoms with E-state index in [1.54, 1.807) is 0 Å². The summed E-state index contributed by atoms with van der Waals surface area (Å²) in [5.41, 5.74) is -0.659. The smallest absolute Gasteiger partial charge is 0.264 e. The molecule has 0 radical (unpaired) electrons. The van der Waals surface area contributed by atoms with Crippen LogP contribution in [0.15, 0.2) is 0 Å². The Kier molecular flexibility index (Phi) is 3.57. The van der Waals surface area contributed by atoms with Gasteiger partial charge in [-0.05, 0) is 24.2 Å². The summed E-state index contributed by atoms with van der Waals surface area (Å²) in [6.45, 7) is 6.00. The van der Waals surface area contributed by atoms with Crippen molar-refractivity contribution in [3.05, 3.63) is 0 Å². The van der Waals surface area contributed by atoms with Gasteiger partial charge in [-0.2, -0.15) is 16.8 Å². The predicted molar refractivity (Wildman–Crippen MR) is 74.0 cm³/mol. The third kappa shape index (κ3) is 2.63. The number of rotatable bonds is 4. The van der Waals surface area contributed by atoms with E-state index in [0.717, 1.165) is 12.5 Å². The molecule has 2 saturated carbocycles. The summed E-state index contributed by atoms with van der Waals surface area (Å²) in [7, 11) is -7.05. The standard InChI is InChI=1S/C12H22O6S2/c1-11(2)8-6-10(18-20(5,15)16)12(11,3)7-9(8)17-19(4,13)14/h8-10H,6-7H2,1-5H3/t8-,9-,10+,12+/m0/s1. The molecule has 8 heteroatoms. The van der Waals surface area contributed by atoms with Crippen molar-refractivity contribution in [1.29, 1.82) is 0 Å². The minimum absolute atomic E-state index is 0.0334. The van der Waals surface area contributed by atoms with Gasteiger partial charge in [-0.3, -0.25) is 8.37 Å². The molecule has 0 N–H and O–H groups in total. The Morgan fingerprint density at radius 2 is 1.45 bits per heavy atom. The molecule has 0 aromatic carbocycles. The van der Waals surface area contributed by atoms with Gasteiger partial charge >= 0.3 is 0 Å². The molecule has 0 aromatic heterocycles. The second-order valence-electron chi connectivity index (χ2n) is 6.81. The highest BCUT2D eigenvalue weighted by Crippen LogP contribution is 2.67. The van der Waals surface area contributed by atoms with E-state index >= 15 is 0 Å². The van der Waals surface area contributed by atoms with Crippen LogP contribution in [0.1, 0.15) is 33.6 Å². The van der Waals surface area contributed by atoms with Gasteiger partial charge in [0.25, 0.3) is 20.2 Å². The molecule has 2 bridgehead atoms. The minimum Gasteiger partial charge on any atom is -0.267 e. The molecule has 118 valence electrons. The third-order valence-corrected chi connectivity index (χ3v) is 6.42. The van der Waals surface area contributed by atoms with Gasteiger partial charge in [-0.1, -0.05) is 20.8 Å². The average Bonchev–Trinajstić information content (AvgIpc) is 2.43. The van der Waals surface area contributed by atoms with Crippen molar-refractivity contribution in [2.24, 2.45) is 16.7 Å². The van der Waals surface area contributed by atoms with E-state index in [-0.39, 0.29) is 11.3 Å². The second-order valence-corrected chi connectivity index (χ2v) is 10.0. The van der Waals surface area contributed by atoms with Crippen LogP contribution in [-0.2, 0) is 28.6 Å². The molecular weight excluding hydrogens is 304 g/mol. The fraction of sp³-hybridized carbons (Fsp3) is 1.00. The van der Waals surface area contributed by atoms with E-state index in [2.05, 4.69) is 0 Å². The quantitative estimate of drug-likeness (QED) is 0.720. The first-order valence-electron chi connectivity index (χ1n) is 6.53. The second kappa shape index (κ2) is 4.41. The molecule has 0 heterocycles. The van der Waals surface area contributed by atoms with Crippen LogP contribution in [0.2, 0.25) is 0 Å². The number of fused-ring (bicyclic) bond motifs is 2. The summed E-state index contributed by atoms with van der Waals surface area (Å²) in [5.74, 6) is -0.0334. The number of hydrogen-bond donors (Lipinski definition) is 0. The van der Waals surface area contributed by atoms with Crippen LogP contribution in [0.25, 0.3) is 0 Å². The van der Waals surface area contributed by atoms with Crippen molar-refractivity contribution in [3.8, 4) is 0 Å². The zero-order valence-electron chi connectivity index (χ0n) is 12.4. The summed E-state index contributed by atoms with van der Waals surface area (Å²) < 4.78 is 55.8. The molecule has 2 rings (SSSR count). The topological polar surface area (TPSA) is 86.7 Å². The molecule has 2 aliphatic carbocycles. The maximum absolute atomic E-state index is 11.4. The van der Waals surface area contributed by atoms with Gasteiger partial charge in [0.1, 0.15) is 0 Å². The first-order chi connectivity index (χ1) is 8.76. The van der Waals surface area contributed by atoms with Gasteiger partial charge in [0, 0.05) is 5.41 Å². The Hall–Kier alpha value is -0.180. The molecule has 6 nitrogen and oxygen atoms in total. The molecule has 2 aliphatic rings. The Bertz CT molecular complexity index is 606. The lowest BCUT2D eigenvalue weighted by Gasteiger charge is -2.38. The molecule has 20 heavy (non-hydrogen) atoms. The molecule has 0 aromatic rings. The number of hydrogen-bond acceptors (Lipinski definition) is 6. The monoisotopic (exact) mass is 326 g/mol. The molecular formula is C12H22O6S2. The molecule has 4 atom stereocenters.